The number of phenolic OH excluding ortho intramolecular Hbond substituents is 1. The van der Waals surface area contributed by atoms with Gasteiger partial charge in [0.15, 0.2) is 0 Å². The van der Waals surface area contributed by atoms with Crippen LogP contribution in [-0.2, 0) is 20.9 Å². The third-order valence-corrected chi connectivity index (χ3v) is 3.77. The fourth-order valence-electron chi connectivity index (χ4n) is 2.55. The van der Waals surface area contributed by atoms with E-state index in [-0.39, 0.29) is 31.4 Å². The fourth-order valence-corrected chi connectivity index (χ4v) is 2.55. The van der Waals surface area contributed by atoms with Crippen LogP contribution in [0.3, 0.4) is 0 Å². The number of hydrogen-bond donors (Lipinski definition) is 1. The number of hydrogen-bond acceptors (Lipinski definition) is 5. The van der Waals surface area contributed by atoms with Crippen molar-refractivity contribution in [2.24, 2.45) is 0 Å². The Labute approximate surface area is 157 Å². The van der Waals surface area contributed by atoms with E-state index in [1.165, 1.54) is 0 Å². The Morgan fingerprint density at radius 3 is 2.93 bits per heavy atom. The Hall–Kier alpha value is -3.30. The Kier molecular flexibility index (Phi) is 6.08. The van der Waals surface area contributed by atoms with Gasteiger partial charge in [-0.2, -0.15) is 0 Å². The van der Waals surface area contributed by atoms with Gasteiger partial charge in [0, 0.05) is 11.8 Å². The van der Waals surface area contributed by atoms with E-state index in [9.17, 15) is 9.90 Å². The first-order chi connectivity index (χ1) is 13.2. The minimum Gasteiger partial charge on any atom is -0.508 e. The summed E-state index contributed by atoms with van der Waals surface area (Å²) in [6.45, 7) is 2.63. The van der Waals surface area contributed by atoms with Crippen LogP contribution in [0, 0.1) is 11.8 Å². The Morgan fingerprint density at radius 1 is 1.22 bits per heavy atom. The lowest BCUT2D eigenvalue weighted by atomic mass is 10.2. The highest BCUT2D eigenvalue weighted by Gasteiger charge is 2.11. The molecule has 0 spiro atoms. The van der Waals surface area contributed by atoms with Crippen LogP contribution >= 0.6 is 0 Å². The third kappa shape index (κ3) is 4.87. The SMILES string of the molecule is CCOC(=O)CCOCc1nc2ccccn2c1C#Cc1cccc(O)c1. The van der Waals surface area contributed by atoms with Gasteiger partial charge < -0.3 is 14.6 Å². The highest BCUT2D eigenvalue weighted by Crippen LogP contribution is 2.14. The van der Waals surface area contributed by atoms with Gasteiger partial charge in [-0.3, -0.25) is 9.20 Å². The fraction of sp³-hybridized carbons (Fsp3) is 0.238. The first-order valence-corrected chi connectivity index (χ1v) is 8.67. The van der Waals surface area contributed by atoms with E-state index in [1.807, 2.05) is 34.9 Å². The molecule has 0 fully saturated rings. The average Bonchev–Trinajstić information content (AvgIpc) is 3.01. The molecule has 0 aliphatic heterocycles. The average molecular weight is 364 g/mol. The molecule has 6 nitrogen and oxygen atoms in total. The lowest BCUT2D eigenvalue weighted by molar-refractivity contribution is -0.144. The Balaban J connectivity index is 1.79. The summed E-state index contributed by atoms with van der Waals surface area (Å²) in [5, 5.41) is 9.58. The molecule has 1 N–H and O–H groups in total. The number of carbonyl (C=O) groups excluding carboxylic acids is 1. The first kappa shape index (κ1) is 18.5. The molecule has 6 heteroatoms. The molecule has 0 amide bonds. The lowest BCUT2D eigenvalue weighted by Crippen LogP contribution is -2.08. The van der Waals surface area contributed by atoms with Gasteiger partial charge in [0.25, 0.3) is 0 Å². The highest BCUT2D eigenvalue weighted by atomic mass is 16.5. The summed E-state index contributed by atoms with van der Waals surface area (Å²) in [5.41, 5.74) is 2.87. The number of rotatable bonds is 6. The van der Waals surface area contributed by atoms with Crippen LogP contribution in [0.15, 0.2) is 48.7 Å². The van der Waals surface area contributed by atoms with E-state index in [4.69, 9.17) is 9.47 Å². The molecular formula is C21H20N2O4. The van der Waals surface area contributed by atoms with E-state index < -0.39 is 0 Å². The van der Waals surface area contributed by atoms with Gasteiger partial charge in [-0.25, -0.2) is 4.98 Å². The number of phenols is 1. The molecule has 1 aromatic carbocycles. The number of ether oxygens (including phenoxy) is 2. The number of pyridine rings is 1. The predicted molar refractivity (Wildman–Crippen MR) is 100 cm³/mol. The van der Waals surface area contributed by atoms with E-state index in [0.29, 0.717) is 23.6 Å². The van der Waals surface area contributed by atoms with Gasteiger partial charge in [-0.15, -0.1) is 0 Å². The van der Waals surface area contributed by atoms with Crippen LogP contribution in [0.2, 0.25) is 0 Å². The largest absolute Gasteiger partial charge is 0.508 e. The van der Waals surface area contributed by atoms with Crippen molar-refractivity contribution in [3.05, 3.63) is 65.6 Å². The van der Waals surface area contributed by atoms with Crippen LogP contribution in [0.25, 0.3) is 5.65 Å². The van der Waals surface area contributed by atoms with Gasteiger partial charge in [-0.05, 0) is 43.2 Å². The molecule has 0 saturated carbocycles. The quantitative estimate of drug-likeness (QED) is 0.414. The van der Waals surface area contributed by atoms with Crippen LogP contribution in [0.5, 0.6) is 5.75 Å². The molecule has 0 aliphatic rings. The zero-order valence-corrected chi connectivity index (χ0v) is 15.0. The molecule has 2 aromatic heterocycles. The van der Waals surface area contributed by atoms with Crippen molar-refractivity contribution in [3.8, 4) is 17.6 Å². The topological polar surface area (TPSA) is 73.1 Å². The molecule has 0 radical (unpaired) electrons. The second-order valence-corrected chi connectivity index (χ2v) is 5.74. The summed E-state index contributed by atoms with van der Waals surface area (Å²) in [7, 11) is 0. The van der Waals surface area contributed by atoms with Crippen molar-refractivity contribution in [2.75, 3.05) is 13.2 Å². The van der Waals surface area contributed by atoms with Crippen molar-refractivity contribution in [1.82, 2.24) is 9.38 Å². The second-order valence-electron chi connectivity index (χ2n) is 5.74. The monoisotopic (exact) mass is 364 g/mol. The van der Waals surface area contributed by atoms with Crippen LogP contribution in [-0.4, -0.2) is 33.7 Å². The number of benzene rings is 1. The molecule has 0 unspecified atom stereocenters. The molecule has 138 valence electrons. The first-order valence-electron chi connectivity index (χ1n) is 8.67. The highest BCUT2D eigenvalue weighted by molar-refractivity contribution is 5.69. The van der Waals surface area contributed by atoms with Gasteiger partial charge in [-0.1, -0.05) is 18.1 Å². The maximum atomic E-state index is 11.4. The van der Waals surface area contributed by atoms with E-state index in [1.54, 1.807) is 25.1 Å². The minimum atomic E-state index is -0.281. The zero-order chi connectivity index (χ0) is 19.1. The molecule has 0 atom stereocenters. The van der Waals surface area contributed by atoms with Gasteiger partial charge in [0.2, 0.25) is 0 Å². The molecule has 0 aliphatic carbocycles. The van der Waals surface area contributed by atoms with E-state index >= 15 is 0 Å². The van der Waals surface area contributed by atoms with Crippen molar-refractivity contribution < 1.29 is 19.4 Å². The smallest absolute Gasteiger partial charge is 0.308 e. The molecule has 27 heavy (non-hydrogen) atoms. The molecule has 3 aromatic rings. The molecule has 2 heterocycles. The number of carbonyl (C=O) groups is 1. The minimum absolute atomic E-state index is 0.169. The van der Waals surface area contributed by atoms with Gasteiger partial charge in [0.05, 0.1) is 26.2 Å². The molecule has 0 saturated heterocycles. The predicted octanol–water partition coefficient (Wildman–Crippen LogP) is 2.91. The number of aromatic hydroxyl groups is 1. The molecule has 3 rings (SSSR count). The van der Waals surface area contributed by atoms with E-state index in [2.05, 4.69) is 16.8 Å². The normalized spacial score (nSPS) is 10.4. The standard InChI is InChI=1S/C21H20N2O4/c1-2-27-21(25)11-13-26-15-18-19(23-12-4-3-8-20(23)22-18)10-9-16-6-5-7-17(24)14-16/h3-8,12,14,24H,2,11,13,15H2,1H3. The van der Waals surface area contributed by atoms with Crippen LogP contribution < -0.4 is 0 Å². The van der Waals surface area contributed by atoms with Gasteiger partial charge >= 0.3 is 5.97 Å². The summed E-state index contributed by atoms with van der Waals surface area (Å²) in [6, 6.07) is 12.5. The van der Waals surface area contributed by atoms with Crippen molar-refractivity contribution in [2.45, 2.75) is 20.0 Å². The molecule has 0 bridgehead atoms. The lowest BCUT2D eigenvalue weighted by Gasteiger charge is -2.03. The van der Waals surface area contributed by atoms with Crippen molar-refractivity contribution in [3.63, 3.8) is 0 Å². The molecular weight excluding hydrogens is 344 g/mol. The third-order valence-electron chi connectivity index (χ3n) is 3.77. The van der Waals surface area contributed by atoms with Crippen molar-refractivity contribution in [1.29, 1.82) is 0 Å². The number of nitrogens with zero attached hydrogens (tertiary/aromatic N) is 2. The zero-order valence-electron chi connectivity index (χ0n) is 15.0. The summed E-state index contributed by atoms with van der Waals surface area (Å²) in [6.07, 6.45) is 2.09. The van der Waals surface area contributed by atoms with Crippen LogP contribution in [0.1, 0.15) is 30.3 Å². The van der Waals surface area contributed by atoms with E-state index in [0.717, 1.165) is 5.65 Å². The maximum Gasteiger partial charge on any atom is 0.308 e. The number of aromatic nitrogens is 2. The number of imidazole rings is 1. The second kappa shape index (κ2) is 8.88. The summed E-state index contributed by atoms with van der Waals surface area (Å²) < 4.78 is 12.4. The Morgan fingerprint density at radius 2 is 2.11 bits per heavy atom. The van der Waals surface area contributed by atoms with Crippen LogP contribution in [0.4, 0.5) is 0 Å². The maximum absolute atomic E-state index is 11.4. The van der Waals surface area contributed by atoms with Crippen molar-refractivity contribution >= 4 is 11.6 Å². The summed E-state index contributed by atoms with van der Waals surface area (Å²) in [4.78, 5) is 15.9. The van der Waals surface area contributed by atoms with Gasteiger partial charge in [0.1, 0.15) is 22.8 Å². The number of esters is 1. The Bertz CT molecular complexity index is 998. The number of fused-ring (bicyclic) bond motifs is 1. The summed E-state index contributed by atoms with van der Waals surface area (Å²) >= 11 is 0. The summed E-state index contributed by atoms with van der Waals surface area (Å²) in [5.74, 6) is 6.05.